The number of hydrogen-bond donors (Lipinski definition) is 2. The summed E-state index contributed by atoms with van der Waals surface area (Å²) in [4.78, 5) is 0. The SMILES string of the molecule is CCNC(C)c1nnc(Nc2ccc(F)cc2OC)o1. The average molecular weight is 280 g/mol. The molecule has 108 valence electrons. The molecule has 7 heteroatoms. The van der Waals surface area contributed by atoms with Crippen molar-refractivity contribution in [1.82, 2.24) is 15.5 Å². The summed E-state index contributed by atoms with van der Waals surface area (Å²) in [6.07, 6.45) is 0. The summed E-state index contributed by atoms with van der Waals surface area (Å²) in [7, 11) is 1.46. The van der Waals surface area contributed by atoms with E-state index in [2.05, 4.69) is 20.8 Å². The Labute approximate surface area is 116 Å². The third-order valence-electron chi connectivity index (χ3n) is 2.73. The Kier molecular flexibility index (Phi) is 4.52. The predicted octanol–water partition coefficient (Wildman–Crippen LogP) is 2.63. The van der Waals surface area contributed by atoms with Crippen LogP contribution in [0.2, 0.25) is 0 Å². The van der Waals surface area contributed by atoms with Crippen LogP contribution in [0.5, 0.6) is 5.75 Å². The Morgan fingerprint density at radius 1 is 1.40 bits per heavy atom. The predicted molar refractivity (Wildman–Crippen MR) is 72.6 cm³/mol. The summed E-state index contributed by atoms with van der Waals surface area (Å²) in [5.74, 6) is 0.472. The highest BCUT2D eigenvalue weighted by Gasteiger charge is 2.14. The van der Waals surface area contributed by atoms with E-state index in [1.54, 1.807) is 6.07 Å². The fourth-order valence-corrected chi connectivity index (χ4v) is 1.74. The molecule has 0 aliphatic heterocycles. The molecule has 0 aliphatic carbocycles. The fourth-order valence-electron chi connectivity index (χ4n) is 1.74. The Hall–Kier alpha value is -2.15. The van der Waals surface area contributed by atoms with Crippen LogP contribution in [-0.2, 0) is 0 Å². The number of methoxy groups -OCH3 is 1. The molecule has 0 aliphatic rings. The monoisotopic (exact) mass is 280 g/mol. The van der Waals surface area contributed by atoms with E-state index in [0.29, 0.717) is 17.3 Å². The topological polar surface area (TPSA) is 72.2 Å². The molecule has 2 N–H and O–H groups in total. The summed E-state index contributed by atoms with van der Waals surface area (Å²) >= 11 is 0. The van der Waals surface area contributed by atoms with E-state index in [1.807, 2.05) is 13.8 Å². The number of nitrogens with zero attached hydrogens (tertiary/aromatic N) is 2. The molecular weight excluding hydrogens is 263 g/mol. The number of aromatic nitrogens is 2. The number of rotatable bonds is 6. The number of hydrogen-bond acceptors (Lipinski definition) is 6. The zero-order valence-corrected chi connectivity index (χ0v) is 11.6. The van der Waals surface area contributed by atoms with Crippen molar-refractivity contribution in [3.8, 4) is 5.75 Å². The molecule has 20 heavy (non-hydrogen) atoms. The molecule has 0 amide bonds. The first kappa shape index (κ1) is 14.3. The van der Waals surface area contributed by atoms with Crippen LogP contribution in [0.4, 0.5) is 16.1 Å². The number of ether oxygens (including phenoxy) is 1. The highest BCUT2D eigenvalue weighted by Crippen LogP contribution is 2.28. The molecule has 0 radical (unpaired) electrons. The molecule has 0 bridgehead atoms. The summed E-state index contributed by atoms with van der Waals surface area (Å²) < 4.78 is 23.7. The molecule has 1 heterocycles. The molecule has 0 spiro atoms. The minimum Gasteiger partial charge on any atom is -0.494 e. The van der Waals surface area contributed by atoms with Gasteiger partial charge in [0, 0.05) is 6.07 Å². The Morgan fingerprint density at radius 3 is 2.90 bits per heavy atom. The van der Waals surface area contributed by atoms with E-state index < -0.39 is 0 Å². The molecular formula is C13H17FN4O2. The van der Waals surface area contributed by atoms with Crippen molar-refractivity contribution in [2.24, 2.45) is 0 Å². The van der Waals surface area contributed by atoms with Gasteiger partial charge in [-0.05, 0) is 25.6 Å². The Morgan fingerprint density at radius 2 is 2.20 bits per heavy atom. The van der Waals surface area contributed by atoms with Crippen LogP contribution in [-0.4, -0.2) is 23.9 Å². The van der Waals surface area contributed by atoms with E-state index >= 15 is 0 Å². The van der Waals surface area contributed by atoms with Gasteiger partial charge < -0.3 is 19.8 Å². The highest BCUT2D eigenvalue weighted by molar-refractivity contribution is 5.61. The van der Waals surface area contributed by atoms with Crippen LogP contribution in [0.1, 0.15) is 25.8 Å². The number of halogens is 1. The van der Waals surface area contributed by atoms with Crippen LogP contribution in [0.3, 0.4) is 0 Å². The van der Waals surface area contributed by atoms with E-state index in [1.165, 1.54) is 19.2 Å². The first-order chi connectivity index (χ1) is 9.63. The molecule has 0 saturated heterocycles. The standard InChI is InChI=1S/C13H17FN4O2/c1-4-15-8(2)12-17-18-13(20-12)16-10-6-5-9(14)7-11(10)19-3/h5-8,15H,4H2,1-3H3,(H,16,18). The second kappa shape index (κ2) is 6.33. The zero-order chi connectivity index (χ0) is 14.5. The van der Waals surface area contributed by atoms with E-state index in [4.69, 9.17) is 9.15 Å². The zero-order valence-electron chi connectivity index (χ0n) is 11.6. The van der Waals surface area contributed by atoms with Gasteiger partial charge in [-0.2, -0.15) is 0 Å². The maximum Gasteiger partial charge on any atom is 0.320 e. The molecule has 6 nitrogen and oxygen atoms in total. The molecule has 2 rings (SSSR count). The minimum absolute atomic E-state index is 0.0295. The second-order valence-electron chi connectivity index (χ2n) is 4.19. The van der Waals surface area contributed by atoms with Crippen molar-refractivity contribution in [2.75, 3.05) is 19.0 Å². The molecule has 1 aromatic heterocycles. The minimum atomic E-state index is -0.376. The van der Waals surface area contributed by atoms with E-state index in [-0.39, 0.29) is 17.9 Å². The summed E-state index contributed by atoms with van der Waals surface area (Å²) in [5, 5.41) is 13.9. The van der Waals surface area contributed by atoms with Crippen molar-refractivity contribution in [3.63, 3.8) is 0 Å². The van der Waals surface area contributed by atoms with Crippen molar-refractivity contribution in [2.45, 2.75) is 19.9 Å². The first-order valence-corrected chi connectivity index (χ1v) is 6.31. The average Bonchev–Trinajstić information content (AvgIpc) is 2.89. The van der Waals surface area contributed by atoms with Gasteiger partial charge >= 0.3 is 6.01 Å². The van der Waals surface area contributed by atoms with Crippen LogP contribution >= 0.6 is 0 Å². The number of nitrogens with one attached hydrogen (secondary N) is 2. The van der Waals surface area contributed by atoms with Crippen molar-refractivity contribution in [1.29, 1.82) is 0 Å². The van der Waals surface area contributed by atoms with Gasteiger partial charge in [0.15, 0.2) is 0 Å². The van der Waals surface area contributed by atoms with Crippen molar-refractivity contribution >= 4 is 11.7 Å². The van der Waals surface area contributed by atoms with Crippen LogP contribution in [0.25, 0.3) is 0 Å². The molecule has 0 fully saturated rings. The lowest BCUT2D eigenvalue weighted by Gasteiger charge is -2.08. The number of benzene rings is 1. The summed E-state index contributed by atoms with van der Waals surface area (Å²) in [6, 6.07) is 4.35. The second-order valence-corrected chi connectivity index (χ2v) is 4.19. The van der Waals surface area contributed by atoms with Crippen molar-refractivity contribution < 1.29 is 13.5 Å². The summed E-state index contributed by atoms with van der Waals surface area (Å²) in [5.41, 5.74) is 0.556. The third-order valence-corrected chi connectivity index (χ3v) is 2.73. The molecule has 1 aromatic carbocycles. The normalized spacial score (nSPS) is 12.2. The van der Waals surface area contributed by atoms with Gasteiger partial charge in [0.25, 0.3) is 0 Å². The van der Waals surface area contributed by atoms with Gasteiger partial charge in [-0.3, -0.25) is 0 Å². The third kappa shape index (κ3) is 3.24. The van der Waals surface area contributed by atoms with Crippen LogP contribution in [0.15, 0.2) is 22.6 Å². The number of anilines is 2. The maximum atomic E-state index is 13.1. The fraction of sp³-hybridized carbons (Fsp3) is 0.385. The first-order valence-electron chi connectivity index (χ1n) is 6.31. The molecule has 0 saturated carbocycles. The Balaban J connectivity index is 2.14. The van der Waals surface area contributed by atoms with E-state index in [0.717, 1.165) is 6.54 Å². The van der Waals surface area contributed by atoms with Gasteiger partial charge in [-0.1, -0.05) is 12.0 Å². The van der Waals surface area contributed by atoms with Gasteiger partial charge in [0.05, 0.1) is 18.8 Å². The van der Waals surface area contributed by atoms with E-state index in [9.17, 15) is 4.39 Å². The van der Waals surface area contributed by atoms with Gasteiger partial charge in [0.1, 0.15) is 11.6 Å². The Bertz CT molecular complexity index is 573. The van der Waals surface area contributed by atoms with Gasteiger partial charge in [0.2, 0.25) is 5.89 Å². The smallest absolute Gasteiger partial charge is 0.320 e. The highest BCUT2D eigenvalue weighted by atomic mass is 19.1. The van der Waals surface area contributed by atoms with Gasteiger partial charge in [-0.15, -0.1) is 5.10 Å². The lowest BCUT2D eigenvalue weighted by molar-refractivity contribution is 0.412. The molecule has 1 unspecified atom stereocenters. The van der Waals surface area contributed by atoms with Crippen LogP contribution < -0.4 is 15.4 Å². The largest absolute Gasteiger partial charge is 0.494 e. The lowest BCUT2D eigenvalue weighted by Crippen LogP contribution is -2.17. The lowest BCUT2D eigenvalue weighted by atomic mass is 10.3. The van der Waals surface area contributed by atoms with Crippen LogP contribution in [0, 0.1) is 5.82 Å². The van der Waals surface area contributed by atoms with Crippen molar-refractivity contribution in [3.05, 3.63) is 29.9 Å². The maximum absolute atomic E-state index is 13.1. The van der Waals surface area contributed by atoms with Gasteiger partial charge in [-0.25, -0.2) is 4.39 Å². The summed E-state index contributed by atoms with van der Waals surface area (Å²) in [6.45, 7) is 4.73. The molecule has 1 atom stereocenters. The molecule has 2 aromatic rings. The quantitative estimate of drug-likeness (QED) is 0.847.